The lowest BCUT2D eigenvalue weighted by Gasteiger charge is -2.06. The molecule has 1 N–H and O–H groups in total. The summed E-state index contributed by atoms with van der Waals surface area (Å²) in [6.07, 6.45) is 0.669. The van der Waals surface area contributed by atoms with Crippen molar-refractivity contribution in [1.82, 2.24) is 24.5 Å². The summed E-state index contributed by atoms with van der Waals surface area (Å²) in [7, 11) is 0. The van der Waals surface area contributed by atoms with Gasteiger partial charge in [0.25, 0.3) is 6.43 Å². The Labute approximate surface area is 164 Å². The fraction of sp³-hybridized carbons (Fsp3) is 0.333. The van der Waals surface area contributed by atoms with Gasteiger partial charge >= 0.3 is 0 Å². The first-order valence-corrected chi connectivity index (χ1v) is 9.15. The Hall–Kier alpha value is -2.81. The molecular formula is C18H17ClF2N6O. The molecule has 0 atom stereocenters. The monoisotopic (exact) mass is 406 g/mol. The number of carbonyl (C=O) groups excluding carboxylic acids is 1. The van der Waals surface area contributed by atoms with Crippen molar-refractivity contribution in [3.05, 3.63) is 58.6 Å². The van der Waals surface area contributed by atoms with Gasteiger partial charge in [-0.05, 0) is 36.6 Å². The lowest BCUT2D eigenvalue weighted by molar-refractivity contribution is -0.117. The van der Waals surface area contributed by atoms with Gasteiger partial charge in [-0.1, -0.05) is 23.7 Å². The predicted molar refractivity (Wildman–Crippen MR) is 98.4 cm³/mol. The van der Waals surface area contributed by atoms with Crippen molar-refractivity contribution < 1.29 is 13.6 Å². The molecule has 1 saturated carbocycles. The van der Waals surface area contributed by atoms with Crippen LogP contribution < -0.4 is 5.32 Å². The van der Waals surface area contributed by atoms with Gasteiger partial charge in [-0.15, -0.1) is 5.10 Å². The third-order valence-corrected chi connectivity index (χ3v) is 4.60. The Morgan fingerprint density at radius 2 is 2.11 bits per heavy atom. The molecule has 10 heteroatoms. The van der Waals surface area contributed by atoms with E-state index < -0.39 is 12.3 Å². The van der Waals surface area contributed by atoms with Crippen molar-refractivity contribution in [2.45, 2.75) is 38.3 Å². The first kappa shape index (κ1) is 18.5. The summed E-state index contributed by atoms with van der Waals surface area (Å²) in [5.74, 6) is -0.196. The summed E-state index contributed by atoms with van der Waals surface area (Å²) in [4.78, 5) is 16.3. The van der Waals surface area contributed by atoms with Crippen LogP contribution in [0.3, 0.4) is 0 Å². The van der Waals surface area contributed by atoms with E-state index in [1.54, 1.807) is 10.7 Å². The minimum absolute atomic E-state index is 0.0974. The quantitative estimate of drug-likeness (QED) is 0.650. The Bertz CT molecular complexity index is 998. The normalized spacial score (nSPS) is 13.9. The number of anilines is 1. The first-order valence-electron chi connectivity index (χ1n) is 8.77. The van der Waals surface area contributed by atoms with Crippen LogP contribution in [0.4, 0.5) is 14.7 Å². The van der Waals surface area contributed by atoms with Gasteiger partial charge in [0.05, 0.1) is 12.2 Å². The molecule has 146 valence electrons. The van der Waals surface area contributed by atoms with Crippen LogP contribution >= 0.6 is 11.6 Å². The molecule has 1 aliphatic carbocycles. The molecule has 3 aromatic rings. The zero-order chi connectivity index (χ0) is 19.7. The Balaban J connectivity index is 1.40. The molecule has 0 aliphatic heterocycles. The highest BCUT2D eigenvalue weighted by molar-refractivity contribution is 6.30. The molecule has 2 heterocycles. The van der Waals surface area contributed by atoms with E-state index in [9.17, 15) is 13.6 Å². The molecule has 0 unspecified atom stereocenters. The van der Waals surface area contributed by atoms with Crippen molar-refractivity contribution in [2.24, 2.45) is 0 Å². The maximum Gasteiger partial charge on any atom is 0.280 e. The number of aromatic nitrogens is 5. The van der Waals surface area contributed by atoms with Gasteiger partial charge in [-0.2, -0.15) is 5.10 Å². The van der Waals surface area contributed by atoms with Gasteiger partial charge in [0.15, 0.2) is 0 Å². The molecular weight excluding hydrogens is 390 g/mol. The third-order valence-electron chi connectivity index (χ3n) is 4.36. The van der Waals surface area contributed by atoms with E-state index in [1.165, 1.54) is 12.4 Å². The van der Waals surface area contributed by atoms with Gasteiger partial charge < -0.3 is 0 Å². The lowest BCUT2D eigenvalue weighted by Crippen LogP contribution is -2.22. The number of benzene rings is 1. The van der Waals surface area contributed by atoms with Crippen molar-refractivity contribution in [1.29, 1.82) is 0 Å². The number of nitrogens with one attached hydrogen (secondary N) is 1. The average molecular weight is 407 g/mol. The Kier molecular flexibility index (Phi) is 5.08. The molecule has 1 aliphatic rings. The molecule has 2 aromatic heterocycles. The molecule has 0 bridgehead atoms. The number of rotatable bonds is 7. The maximum absolute atomic E-state index is 13.2. The average Bonchev–Trinajstić information content (AvgIpc) is 3.26. The second-order valence-electron chi connectivity index (χ2n) is 6.67. The van der Waals surface area contributed by atoms with Crippen LogP contribution in [-0.2, 0) is 17.9 Å². The standard InChI is InChI=1S/C18H17ClF2N6O/c19-13-3-1-2-11(6-13)8-26-10-22-18(25-26)23-16(28)9-27-15(17(20)21)7-14(24-27)12-4-5-12/h1-3,6-7,10,12,17H,4-5,8-9H2,(H,23,25,28). The number of hydrogen-bond acceptors (Lipinski definition) is 4. The smallest absolute Gasteiger partial charge is 0.280 e. The zero-order valence-corrected chi connectivity index (χ0v) is 15.5. The van der Waals surface area contributed by atoms with E-state index >= 15 is 0 Å². The minimum atomic E-state index is -2.69. The van der Waals surface area contributed by atoms with Crippen molar-refractivity contribution >= 4 is 23.5 Å². The van der Waals surface area contributed by atoms with E-state index in [2.05, 4.69) is 20.5 Å². The van der Waals surface area contributed by atoms with Crippen LogP contribution in [0.25, 0.3) is 0 Å². The molecule has 7 nitrogen and oxygen atoms in total. The van der Waals surface area contributed by atoms with Crippen LogP contribution in [0, 0.1) is 0 Å². The Morgan fingerprint density at radius 3 is 2.82 bits per heavy atom. The van der Waals surface area contributed by atoms with Gasteiger partial charge in [-0.25, -0.2) is 18.4 Å². The SMILES string of the molecule is O=C(Cn1nc(C2CC2)cc1C(F)F)Nc1ncn(Cc2cccc(Cl)c2)n1. The number of hydrogen-bond donors (Lipinski definition) is 1. The minimum Gasteiger partial charge on any atom is -0.292 e. The largest absolute Gasteiger partial charge is 0.292 e. The van der Waals surface area contributed by atoms with E-state index in [0.29, 0.717) is 17.3 Å². The second kappa shape index (κ2) is 7.67. The summed E-state index contributed by atoms with van der Waals surface area (Å²) in [5.41, 5.74) is 1.30. The second-order valence-corrected chi connectivity index (χ2v) is 7.11. The summed E-state index contributed by atoms with van der Waals surface area (Å²) < 4.78 is 29.0. The molecule has 28 heavy (non-hydrogen) atoms. The van der Waals surface area contributed by atoms with Gasteiger partial charge in [-0.3, -0.25) is 14.8 Å². The topological polar surface area (TPSA) is 77.6 Å². The number of nitrogens with zero attached hydrogens (tertiary/aromatic N) is 5. The fourth-order valence-corrected chi connectivity index (χ4v) is 3.10. The van der Waals surface area contributed by atoms with Crippen LogP contribution in [0.2, 0.25) is 5.02 Å². The Morgan fingerprint density at radius 1 is 1.29 bits per heavy atom. The van der Waals surface area contributed by atoms with Crippen LogP contribution in [0.1, 0.15) is 42.1 Å². The highest BCUT2D eigenvalue weighted by atomic mass is 35.5. The summed E-state index contributed by atoms with van der Waals surface area (Å²) >= 11 is 5.96. The maximum atomic E-state index is 13.2. The number of amides is 1. The molecule has 0 radical (unpaired) electrons. The van der Waals surface area contributed by atoms with E-state index in [0.717, 1.165) is 23.1 Å². The molecule has 1 amide bonds. The van der Waals surface area contributed by atoms with Crippen molar-refractivity contribution in [2.75, 3.05) is 5.32 Å². The first-order chi connectivity index (χ1) is 13.5. The lowest BCUT2D eigenvalue weighted by atomic mass is 10.2. The molecule has 0 saturated heterocycles. The highest BCUT2D eigenvalue weighted by Gasteiger charge is 2.29. The molecule has 1 aromatic carbocycles. The van der Waals surface area contributed by atoms with Gasteiger partial charge in [0.1, 0.15) is 18.6 Å². The number of carbonyl (C=O) groups is 1. The van der Waals surface area contributed by atoms with Crippen LogP contribution in [0.15, 0.2) is 36.7 Å². The van der Waals surface area contributed by atoms with Crippen molar-refractivity contribution in [3.8, 4) is 0 Å². The van der Waals surface area contributed by atoms with Crippen molar-refractivity contribution in [3.63, 3.8) is 0 Å². The molecule has 1 fully saturated rings. The van der Waals surface area contributed by atoms with Gasteiger partial charge in [0.2, 0.25) is 11.9 Å². The van der Waals surface area contributed by atoms with Gasteiger partial charge in [0, 0.05) is 10.9 Å². The van der Waals surface area contributed by atoms with E-state index in [4.69, 9.17) is 11.6 Å². The number of halogens is 3. The summed E-state index contributed by atoms with van der Waals surface area (Å²) in [5, 5.41) is 11.5. The third kappa shape index (κ3) is 4.36. The molecule has 0 spiro atoms. The van der Waals surface area contributed by atoms with Crippen LogP contribution in [0.5, 0.6) is 0 Å². The van der Waals surface area contributed by atoms with E-state index in [1.807, 2.05) is 18.2 Å². The zero-order valence-electron chi connectivity index (χ0n) is 14.7. The van der Waals surface area contributed by atoms with Crippen LogP contribution in [-0.4, -0.2) is 30.5 Å². The highest BCUT2D eigenvalue weighted by Crippen LogP contribution is 2.40. The predicted octanol–water partition coefficient (Wildman–Crippen LogP) is 3.63. The molecule has 4 rings (SSSR count). The van der Waals surface area contributed by atoms with E-state index in [-0.39, 0.29) is 24.1 Å². The summed E-state index contributed by atoms with van der Waals surface area (Å²) in [6.45, 7) is 0.109. The summed E-state index contributed by atoms with van der Waals surface area (Å²) in [6, 6.07) is 8.69. The fourth-order valence-electron chi connectivity index (χ4n) is 2.88. The number of alkyl halides is 2.